The van der Waals surface area contributed by atoms with Crippen molar-refractivity contribution in [2.75, 3.05) is 11.9 Å². The van der Waals surface area contributed by atoms with Crippen molar-refractivity contribution in [3.05, 3.63) is 46.6 Å². The summed E-state index contributed by atoms with van der Waals surface area (Å²) >= 11 is 6.03. The Balaban J connectivity index is 1.97. The van der Waals surface area contributed by atoms with Gasteiger partial charge in [-0.1, -0.05) is 17.7 Å². The summed E-state index contributed by atoms with van der Waals surface area (Å²) in [7, 11) is 0. The SMILES string of the molecule is Cc1nc(Cl)c(NCCc2cccnc2)nc1C. The molecule has 18 heavy (non-hydrogen) atoms. The summed E-state index contributed by atoms with van der Waals surface area (Å²) in [5.74, 6) is 0.642. The molecule has 2 heterocycles. The third kappa shape index (κ3) is 3.17. The molecule has 2 aromatic rings. The molecule has 0 fully saturated rings. The average molecular weight is 263 g/mol. The number of aromatic nitrogens is 3. The van der Waals surface area contributed by atoms with Gasteiger partial charge in [0, 0.05) is 18.9 Å². The van der Waals surface area contributed by atoms with E-state index in [1.165, 1.54) is 5.56 Å². The van der Waals surface area contributed by atoms with E-state index < -0.39 is 0 Å². The number of nitrogens with zero attached hydrogens (tertiary/aromatic N) is 3. The number of nitrogens with one attached hydrogen (secondary N) is 1. The summed E-state index contributed by atoms with van der Waals surface area (Å²) in [6.45, 7) is 4.57. The van der Waals surface area contributed by atoms with Gasteiger partial charge in [0.15, 0.2) is 11.0 Å². The van der Waals surface area contributed by atoms with Crippen LogP contribution in [0.15, 0.2) is 24.5 Å². The van der Waals surface area contributed by atoms with Crippen LogP contribution in [0.5, 0.6) is 0 Å². The summed E-state index contributed by atoms with van der Waals surface area (Å²) in [6, 6.07) is 3.97. The highest BCUT2D eigenvalue weighted by molar-refractivity contribution is 6.31. The fourth-order valence-electron chi connectivity index (χ4n) is 1.56. The Kier molecular flexibility index (Phi) is 4.10. The van der Waals surface area contributed by atoms with Crippen LogP contribution in [0.3, 0.4) is 0 Å². The van der Waals surface area contributed by atoms with Crippen LogP contribution in [0, 0.1) is 13.8 Å². The van der Waals surface area contributed by atoms with Crippen molar-refractivity contribution in [2.45, 2.75) is 20.3 Å². The molecule has 5 heteroatoms. The number of pyridine rings is 1. The van der Waals surface area contributed by atoms with Crippen molar-refractivity contribution >= 4 is 17.4 Å². The van der Waals surface area contributed by atoms with E-state index >= 15 is 0 Å². The van der Waals surface area contributed by atoms with Gasteiger partial charge >= 0.3 is 0 Å². The van der Waals surface area contributed by atoms with Crippen LogP contribution in [0.25, 0.3) is 0 Å². The topological polar surface area (TPSA) is 50.7 Å². The van der Waals surface area contributed by atoms with E-state index in [1.54, 1.807) is 6.20 Å². The zero-order valence-electron chi connectivity index (χ0n) is 10.4. The van der Waals surface area contributed by atoms with E-state index in [2.05, 4.69) is 20.3 Å². The first-order chi connectivity index (χ1) is 8.66. The zero-order valence-corrected chi connectivity index (χ0v) is 11.2. The molecule has 0 aliphatic heterocycles. The molecule has 0 spiro atoms. The van der Waals surface area contributed by atoms with Crippen molar-refractivity contribution < 1.29 is 0 Å². The molecule has 0 radical (unpaired) electrons. The molecule has 0 amide bonds. The Bertz CT molecular complexity index is 528. The highest BCUT2D eigenvalue weighted by Crippen LogP contribution is 2.18. The van der Waals surface area contributed by atoms with Crippen molar-refractivity contribution in [2.24, 2.45) is 0 Å². The van der Waals surface area contributed by atoms with Crippen LogP contribution < -0.4 is 5.32 Å². The first-order valence-electron chi connectivity index (χ1n) is 5.80. The minimum Gasteiger partial charge on any atom is -0.367 e. The lowest BCUT2D eigenvalue weighted by molar-refractivity contribution is 0.970. The molecule has 1 N–H and O–H groups in total. The summed E-state index contributed by atoms with van der Waals surface area (Å²) in [5, 5.41) is 3.62. The standard InChI is InChI=1S/C13H15ClN4/c1-9-10(2)18-13(12(14)17-9)16-7-5-11-4-3-6-15-8-11/h3-4,6,8H,5,7H2,1-2H3,(H,16,18). The third-order valence-corrected chi connectivity index (χ3v) is 2.96. The second-order valence-corrected chi connectivity index (χ2v) is 4.43. The number of hydrogen-bond donors (Lipinski definition) is 1. The molecular weight excluding hydrogens is 248 g/mol. The Morgan fingerprint density at radius 2 is 2.00 bits per heavy atom. The molecule has 2 rings (SSSR count). The van der Waals surface area contributed by atoms with E-state index in [1.807, 2.05) is 32.2 Å². The molecule has 0 aliphatic carbocycles. The highest BCUT2D eigenvalue weighted by Gasteiger charge is 2.06. The van der Waals surface area contributed by atoms with E-state index in [-0.39, 0.29) is 0 Å². The Hall–Kier alpha value is -1.68. The van der Waals surface area contributed by atoms with Gasteiger partial charge in [-0.25, -0.2) is 9.97 Å². The largest absolute Gasteiger partial charge is 0.367 e. The van der Waals surface area contributed by atoms with Gasteiger partial charge in [0.25, 0.3) is 0 Å². The smallest absolute Gasteiger partial charge is 0.171 e. The highest BCUT2D eigenvalue weighted by atomic mass is 35.5. The first kappa shape index (κ1) is 12.8. The van der Waals surface area contributed by atoms with Gasteiger partial charge in [0.1, 0.15) is 0 Å². The van der Waals surface area contributed by atoms with Crippen molar-refractivity contribution in [3.63, 3.8) is 0 Å². The molecule has 2 aromatic heterocycles. The monoisotopic (exact) mass is 262 g/mol. The van der Waals surface area contributed by atoms with Gasteiger partial charge in [0.2, 0.25) is 0 Å². The average Bonchev–Trinajstić information content (AvgIpc) is 2.37. The first-order valence-corrected chi connectivity index (χ1v) is 6.18. The van der Waals surface area contributed by atoms with Gasteiger partial charge in [0.05, 0.1) is 11.4 Å². The van der Waals surface area contributed by atoms with Gasteiger partial charge < -0.3 is 5.32 Å². The minimum absolute atomic E-state index is 0.421. The van der Waals surface area contributed by atoms with Gasteiger partial charge in [-0.3, -0.25) is 4.98 Å². The van der Waals surface area contributed by atoms with E-state index in [9.17, 15) is 0 Å². The van der Waals surface area contributed by atoms with Gasteiger partial charge in [-0.15, -0.1) is 0 Å². The van der Waals surface area contributed by atoms with E-state index in [0.29, 0.717) is 11.0 Å². The van der Waals surface area contributed by atoms with Crippen LogP contribution in [-0.2, 0) is 6.42 Å². The second kappa shape index (κ2) is 5.78. The molecule has 94 valence electrons. The molecule has 0 aromatic carbocycles. The predicted molar refractivity (Wildman–Crippen MR) is 72.9 cm³/mol. The normalized spacial score (nSPS) is 10.4. The molecule has 0 saturated heterocycles. The molecule has 0 unspecified atom stereocenters. The number of halogens is 1. The molecule has 0 atom stereocenters. The Labute approximate surface area is 111 Å². The summed E-state index contributed by atoms with van der Waals surface area (Å²) in [4.78, 5) is 12.7. The lowest BCUT2D eigenvalue weighted by Crippen LogP contribution is -2.09. The maximum absolute atomic E-state index is 6.03. The zero-order chi connectivity index (χ0) is 13.0. The summed E-state index contributed by atoms with van der Waals surface area (Å²) in [5.41, 5.74) is 2.93. The molecule has 0 saturated carbocycles. The Morgan fingerprint density at radius 3 is 2.72 bits per heavy atom. The minimum atomic E-state index is 0.421. The number of rotatable bonds is 4. The lowest BCUT2D eigenvalue weighted by atomic mass is 10.2. The summed E-state index contributed by atoms with van der Waals surface area (Å²) < 4.78 is 0. The number of aryl methyl sites for hydroxylation is 2. The van der Waals surface area contributed by atoms with Crippen molar-refractivity contribution in [1.29, 1.82) is 0 Å². The molecule has 0 aliphatic rings. The number of hydrogen-bond acceptors (Lipinski definition) is 4. The maximum atomic E-state index is 6.03. The number of anilines is 1. The molecular formula is C13H15ClN4. The molecule has 4 nitrogen and oxygen atoms in total. The van der Waals surface area contributed by atoms with E-state index in [4.69, 9.17) is 11.6 Å². The van der Waals surface area contributed by atoms with Crippen LogP contribution >= 0.6 is 11.6 Å². The second-order valence-electron chi connectivity index (χ2n) is 4.07. The van der Waals surface area contributed by atoms with Gasteiger partial charge in [-0.05, 0) is 31.9 Å². The third-order valence-electron chi connectivity index (χ3n) is 2.69. The van der Waals surface area contributed by atoms with Crippen molar-refractivity contribution in [3.8, 4) is 0 Å². The van der Waals surface area contributed by atoms with E-state index in [0.717, 1.165) is 24.4 Å². The predicted octanol–water partition coefficient (Wildman–Crippen LogP) is 2.80. The lowest BCUT2D eigenvalue weighted by Gasteiger charge is -2.09. The van der Waals surface area contributed by atoms with Crippen molar-refractivity contribution in [1.82, 2.24) is 15.0 Å². The fourth-order valence-corrected chi connectivity index (χ4v) is 1.80. The summed E-state index contributed by atoms with van der Waals surface area (Å²) in [6.07, 6.45) is 4.50. The quantitative estimate of drug-likeness (QED) is 0.921. The van der Waals surface area contributed by atoms with Crippen LogP contribution in [0.2, 0.25) is 5.15 Å². The van der Waals surface area contributed by atoms with Crippen LogP contribution in [0.1, 0.15) is 17.0 Å². The fraction of sp³-hybridized carbons (Fsp3) is 0.308. The molecule has 0 bridgehead atoms. The van der Waals surface area contributed by atoms with Gasteiger partial charge in [-0.2, -0.15) is 0 Å². The van der Waals surface area contributed by atoms with Crippen LogP contribution in [-0.4, -0.2) is 21.5 Å². The van der Waals surface area contributed by atoms with Crippen LogP contribution in [0.4, 0.5) is 5.82 Å². The maximum Gasteiger partial charge on any atom is 0.171 e. The Morgan fingerprint density at radius 1 is 1.22 bits per heavy atom.